The van der Waals surface area contributed by atoms with Crippen LogP contribution < -0.4 is 16.6 Å². The van der Waals surface area contributed by atoms with E-state index in [2.05, 4.69) is 24.1 Å². The zero-order valence-corrected chi connectivity index (χ0v) is 10.0. The van der Waals surface area contributed by atoms with Crippen LogP contribution in [0.1, 0.15) is 26.0 Å². The van der Waals surface area contributed by atoms with Gasteiger partial charge in [0.15, 0.2) is 0 Å². The predicted molar refractivity (Wildman–Crippen MR) is 63.9 cm³/mol. The van der Waals surface area contributed by atoms with Crippen LogP contribution in [-0.4, -0.2) is 22.4 Å². The number of aromatic nitrogens is 2. The molecule has 1 aromatic rings. The van der Waals surface area contributed by atoms with Crippen LogP contribution in [0.2, 0.25) is 0 Å². The second kappa shape index (κ2) is 6.03. The zero-order valence-electron chi connectivity index (χ0n) is 10.0. The standard InChI is InChI=1S/C11H17N3O3/c1-7(2)3-4-12-9(15)5-8-6-10(16)14-11(17)13-8/h6-7H,3-5H2,1-2H3,(H,12,15)(H2,13,14,16,17). The van der Waals surface area contributed by atoms with E-state index in [0.717, 1.165) is 6.42 Å². The minimum atomic E-state index is -0.595. The summed E-state index contributed by atoms with van der Waals surface area (Å²) in [7, 11) is 0. The number of rotatable bonds is 5. The first-order valence-corrected chi connectivity index (χ1v) is 5.56. The SMILES string of the molecule is CC(C)CCNC(=O)Cc1cc(=O)[nH]c(=O)[nH]1. The highest BCUT2D eigenvalue weighted by Gasteiger charge is 2.05. The van der Waals surface area contributed by atoms with Gasteiger partial charge in [0.2, 0.25) is 5.91 Å². The van der Waals surface area contributed by atoms with E-state index in [1.54, 1.807) is 0 Å². The number of hydrogen-bond donors (Lipinski definition) is 3. The van der Waals surface area contributed by atoms with Crippen molar-refractivity contribution in [1.82, 2.24) is 15.3 Å². The minimum absolute atomic E-state index is 0.0112. The molecule has 0 atom stereocenters. The van der Waals surface area contributed by atoms with E-state index in [1.165, 1.54) is 6.07 Å². The minimum Gasteiger partial charge on any atom is -0.356 e. The number of hydrogen-bond acceptors (Lipinski definition) is 3. The van der Waals surface area contributed by atoms with Gasteiger partial charge in [-0.3, -0.25) is 14.6 Å². The van der Waals surface area contributed by atoms with E-state index < -0.39 is 11.2 Å². The van der Waals surface area contributed by atoms with Gasteiger partial charge in [-0.25, -0.2) is 4.79 Å². The molecule has 1 heterocycles. The second-order valence-corrected chi connectivity index (χ2v) is 4.32. The Balaban J connectivity index is 2.50. The van der Waals surface area contributed by atoms with Crippen molar-refractivity contribution < 1.29 is 4.79 Å². The summed E-state index contributed by atoms with van der Waals surface area (Å²) in [5.41, 5.74) is -0.776. The lowest BCUT2D eigenvalue weighted by atomic mass is 10.1. The highest BCUT2D eigenvalue weighted by atomic mass is 16.2. The molecule has 0 aliphatic carbocycles. The van der Waals surface area contributed by atoms with Gasteiger partial charge in [0.25, 0.3) is 5.56 Å². The highest BCUT2D eigenvalue weighted by Crippen LogP contribution is 1.96. The van der Waals surface area contributed by atoms with E-state index in [0.29, 0.717) is 18.2 Å². The van der Waals surface area contributed by atoms with Gasteiger partial charge in [0, 0.05) is 18.3 Å². The van der Waals surface area contributed by atoms with Crippen molar-refractivity contribution >= 4 is 5.91 Å². The van der Waals surface area contributed by atoms with Crippen LogP contribution in [0.25, 0.3) is 0 Å². The molecule has 1 rings (SSSR count). The molecule has 1 amide bonds. The lowest BCUT2D eigenvalue weighted by molar-refractivity contribution is -0.120. The van der Waals surface area contributed by atoms with Crippen molar-refractivity contribution in [2.45, 2.75) is 26.7 Å². The summed E-state index contributed by atoms with van der Waals surface area (Å²) in [5, 5.41) is 2.73. The smallest absolute Gasteiger partial charge is 0.325 e. The van der Waals surface area contributed by atoms with E-state index in [9.17, 15) is 14.4 Å². The summed E-state index contributed by atoms with van der Waals surface area (Å²) < 4.78 is 0. The van der Waals surface area contributed by atoms with Crippen LogP contribution >= 0.6 is 0 Å². The molecule has 1 aromatic heterocycles. The number of H-pyrrole nitrogens is 2. The van der Waals surface area contributed by atoms with Gasteiger partial charge in [0.05, 0.1) is 6.42 Å². The van der Waals surface area contributed by atoms with Gasteiger partial charge >= 0.3 is 5.69 Å². The molecule has 6 heteroatoms. The molecule has 0 spiro atoms. The topological polar surface area (TPSA) is 94.8 Å². The third-order valence-corrected chi connectivity index (χ3v) is 2.21. The van der Waals surface area contributed by atoms with Gasteiger partial charge in [0.1, 0.15) is 0 Å². The van der Waals surface area contributed by atoms with Crippen molar-refractivity contribution in [3.05, 3.63) is 32.6 Å². The molecule has 94 valence electrons. The van der Waals surface area contributed by atoms with Crippen LogP contribution in [0.15, 0.2) is 15.7 Å². The summed E-state index contributed by atoms with van der Waals surface area (Å²) in [5.74, 6) is 0.321. The second-order valence-electron chi connectivity index (χ2n) is 4.32. The average Bonchev–Trinajstić information content (AvgIpc) is 2.14. The van der Waals surface area contributed by atoms with Gasteiger partial charge in [-0.2, -0.15) is 0 Å². The first-order chi connectivity index (χ1) is 7.97. The Kier molecular flexibility index (Phi) is 4.68. The van der Waals surface area contributed by atoms with E-state index >= 15 is 0 Å². The Labute approximate surface area is 98.5 Å². The maximum absolute atomic E-state index is 11.5. The number of aromatic amines is 2. The monoisotopic (exact) mass is 239 g/mol. The third-order valence-electron chi connectivity index (χ3n) is 2.21. The van der Waals surface area contributed by atoms with E-state index in [1.807, 2.05) is 4.98 Å². The predicted octanol–water partition coefficient (Wildman–Crippen LogP) is -0.232. The largest absolute Gasteiger partial charge is 0.356 e. The molecule has 6 nitrogen and oxygen atoms in total. The van der Waals surface area contributed by atoms with Crippen LogP contribution in [0.5, 0.6) is 0 Å². The molecule has 0 radical (unpaired) electrons. The summed E-state index contributed by atoms with van der Waals surface area (Å²) in [6.45, 7) is 4.74. The van der Waals surface area contributed by atoms with Gasteiger partial charge in [-0.15, -0.1) is 0 Å². The molecule has 3 N–H and O–H groups in total. The average molecular weight is 239 g/mol. The fourth-order valence-corrected chi connectivity index (χ4v) is 1.35. The lowest BCUT2D eigenvalue weighted by Crippen LogP contribution is -2.30. The number of nitrogens with one attached hydrogen (secondary N) is 3. The van der Waals surface area contributed by atoms with Crippen molar-refractivity contribution in [3.8, 4) is 0 Å². The van der Waals surface area contributed by atoms with Crippen LogP contribution in [0.4, 0.5) is 0 Å². The maximum Gasteiger partial charge on any atom is 0.325 e. The Morgan fingerprint density at radius 1 is 1.35 bits per heavy atom. The Bertz CT molecular complexity index is 459. The van der Waals surface area contributed by atoms with Crippen molar-refractivity contribution in [2.24, 2.45) is 5.92 Å². The molecule has 17 heavy (non-hydrogen) atoms. The van der Waals surface area contributed by atoms with Crippen molar-refractivity contribution in [3.63, 3.8) is 0 Å². The highest BCUT2D eigenvalue weighted by molar-refractivity contribution is 5.77. The normalized spacial score (nSPS) is 10.5. The molecule has 0 saturated carbocycles. The first-order valence-electron chi connectivity index (χ1n) is 5.56. The molecule has 0 saturated heterocycles. The lowest BCUT2D eigenvalue weighted by Gasteiger charge is -2.06. The number of carbonyl (C=O) groups excluding carboxylic acids is 1. The van der Waals surface area contributed by atoms with Gasteiger partial charge in [-0.1, -0.05) is 13.8 Å². The quantitative estimate of drug-likeness (QED) is 0.662. The molecule has 0 unspecified atom stereocenters. The summed E-state index contributed by atoms with van der Waals surface area (Å²) in [6.07, 6.45) is 0.912. The molecule has 0 aromatic carbocycles. The molecular formula is C11H17N3O3. The summed E-state index contributed by atoms with van der Waals surface area (Å²) >= 11 is 0. The van der Waals surface area contributed by atoms with Gasteiger partial charge in [-0.05, 0) is 12.3 Å². The molecule has 0 fully saturated rings. The van der Waals surface area contributed by atoms with E-state index in [4.69, 9.17) is 0 Å². The van der Waals surface area contributed by atoms with E-state index in [-0.39, 0.29) is 12.3 Å². The van der Waals surface area contributed by atoms with Crippen LogP contribution in [0.3, 0.4) is 0 Å². The zero-order chi connectivity index (χ0) is 12.8. The van der Waals surface area contributed by atoms with Crippen LogP contribution in [-0.2, 0) is 11.2 Å². The van der Waals surface area contributed by atoms with Crippen molar-refractivity contribution in [1.29, 1.82) is 0 Å². The Morgan fingerprint density at radius 3 is 2.65 bits per heavy atom. The molecular weight excluding hydrogens is 222 g/mol. The fraction of sp³-hybridized carbons (Fsp3) is 0.545. The third kappa shape index (κ3) is 5.14. The fourth-order valence-electron chi connectivity index (χ4n) is 1.35. The van der Waals surface area contributed by atoms with Gasteiger partial charge < -0.3 is 10.3 Å². The van der Waals surface area contributed by atoms with Crippen LogP contribution in [0, 0.1) is 5.92 Å². The molecule has 0 bridgehead atoms. The molecule has 0 aliphatic rings. The Hall–Kier alpha value is -1.85. The first kappa shape index (κ1) is 13.2. The number of carbonyl (C=O) groups is 1. The summed E-state index contributed by atoms with van der Waals surface area (Å²) in [4.78, 5) is 37.9. The summed E-state index contributed by atoms with van der Waals surface area (Å²) in [6, 6.07) is 1.21. The number of amides is 1. The Morgan fingerprint density at radius 2 is 2.06 bits per heavy atom. The molecule has 0 aliphatic heterocycles. The maximum atomic E-state index is 11.5. The van der Waals surface area contributed by atoms with Crippen molar-refractivity contribution in [2.75, 3.05) is 6.54 Å².